The van der Waals surface area contributed by atoms with Gasteiger partial charge < -0.3 is 9.67 Å². The van der Waals surface area contributed by atoms with Crippen LogP contribution in [-0.2, 0) is 27.2 Å². The Balaban J connectivity index is 1.74. The molecule has 1 aromatic carbocycles. The predicted octanol–water partition coefficient (Wildman–Crippen LogP) is -0.408. The Morgan fingerprint density at radius 3 is 2.27 bits per heavy atom. The number of aryl methyl sites for hydroxylation is 1. The largest absolute Gasteiger partial charge is 0.395 e. The fraction of sp³-hybridized carbons (Fsp3) is 0.476. The normalized spacial score (nSPS) is 15.8. The number of aliphatic hydroxyl groups excluding tert-OH is 1. The standard InChI is InChI=1S/C21H28N6O3/c1-23-19-18(20(29)24(2)21(23)30)27(14-16-6-4-3-5-7-16)17(22-19)15-26-10-8-25(9-11-26)12-13-28/h3-7,28H,8-15H2,1-2H3. The summed E-state index contributed by atoms with van der Waals surface area (Å²) in [6.45, 7) is 5.50. The average molecular weight is 412 g/mol. The van der Waals surface area contributed by atoms with Gasteiger partial charge in [-0.2, -0.15) is 0 Å². The van der Waals surface area contributed by atoms with E-state index in [-0.39, 0.29) is 17.9 Å². The van der Waals surface area contributed by atoms with Gasteiger partial charge in [0.25, 0.3) is 5.56 Å². The molecule has 30 heavy (non-hydrogen) atoms. The minimum atomic E-state index is -0.374. The third kappa shape index (κ3) is 3.83. The van der Waals surface area contributed by atoms with Crippen molar-refractivity contribution in [2.24, 2.45) is 14.1 Å². The topological polar surface area (TPSA) is 88.5 Å². The fourth-order valence-electron chi connectivity index (χ4n) is 4.06. The van der Waals surface area contributed by atoms with Crippen molar-refractivity contribution in [2.45, 2.75) is 13.1 Å². The van der Waals surface area contributed by atoms with E-state index in [1.165, 1.54) is 11.6 Å². The third-order valence-corrected chi connectivity index (χ3v) is 5.86. The molecule has 0 spiro atoms. The molecule has 0 bridgehead atoms. The van der Waals surface area contributed by atoms with Gasteiger partial charge in [-0.1, -0.05) is 30.3 Å². The Morgan fingerprint density at radius 1 is 0.933 bits per heavy atom. The number of aromatic nitrogens is 4. The number of β-amino-alcohol motifs (C(OH)–C–C–N with tert-alkyl or cyclic N) is 1. The Kier molecular flexibility index (Phi) is 5.85. The van der Waals surface area contributed by atoms with Crippen LogP contribution in [0.4, 0.5) is 0 Å². The summed E-state index contributed by atoms with van der Waals surface area (Å²) in [7, 11) is 3.16. The van der Waals surface area contributed by atoms with Crippen LogP contribution in [0.15, 0.2) is 39.9 Å². The van der Waals surface area contributed by atoms with E-state index >= 15 is 0 Å². The smallest absolute Gasteiger partial charge is 0.332 e. The van der Waals surface area contributed by atoms with Crippen molar-refractivity contribution < 1.29 is 5.11 Å². The summed E-state index contributed by atoms with van der Waals surface area (Å²) in [5.74, 6) is 0.780. The number of piperazine rings is 1. The number of imidazole rings is 1. The maximum absolute atomic E-state index is 13.0. The lowest BCUT2D eigenvalue weighted by atomic mass is 10.2. The Hall–Kier alpha value is -2.75. The number of benzene rings is 1. The molecule has 0 aliphatic carbocycles. The average Bonchev–Trinajstić information content (AvgIpc) is 3.11. The molecule has 9 heteroatoms. The number of aliphatic hydroxyl groups is 1. The van der Waals surface area contributed by atoms with Crippen molar-refractivity contribution in [1.29, 1.82) is 0 Å². The summed E-state index contributed by atoms with van der Waals surface area (Å²) >= 11 is 0. The molecule has 3 aromatic rings. The molecular weight excluding hydrogens is 384 g/mol. The molecule has 160 valence electrons. The van der Waals surface area contributed by atoms with Crippen LogP contribution in [0.25, 0.3) is 11.2 Å². The van der Waals surface area contributed by atoms with Crippen molar-refractivity contribution >= 4 is 11.2 Å². The lowest BCUT2D eigenvalue weighted by molar-refractivity contribution is 0.106. The molecule has 1 aliphatic heterocycles. The summed E-state index contributed by atoms with van der Waals surface area (Å²) in [5, 5.41) is 9.15. The first-order valence-corrected chi connectivity index (χ1v) is 10.2. The van der Waals surface area contributed by atoms with Crippen LogP contribution in [0, 0.1) is 0 Å². The molecule has 0 saturated carbocycles. The third-order valence-electron chi connectivity index (χ3n) is 5.86. The molecule has 3 heterocycles. The van der Waals surface area contributed by atoms with E-state index in [0.29, 0.717) is 30.8 Å². The molecule has 1 fully saturated rings. The van der Waals surface area contributed by atoms with E-state index in [1.807, 2.05) is 34.9 Å². The van der Waals surface area contributed by atoms with Crippen molar-refractivity contribution in [3.63, 3.8) is 0 Å². The van der Waals surface area contributed by atoms with Gasteiger partial charge in [0.15, 0.2) is 11.2 Å². The van der Waals surface area contributed by atoms with Crippen LogP contribution < -0.4 is 11.2 Å². The number of hydrogen-bond acceptors (Lipinski definition) is 6. The van der Waals surface area contributed by atoms with Crippen LogP contribution in [0.1, 0.15) is 11.4 Å². The minimum absolute atomic E-state index is 0.171. The van der Waals surface area contributed by atoms with Gasteiger partial charge in [-0.15, -0.1) is 0 Å². The predicted molar refractivity (Wildman–Crippen MR) is 115 cm³/mol. The van der Waals surface area contributed by atoms with E-state index in [9.17, 15) is 9.59 Å². The Labute approximate surface area is 174 Å². The summed E-state index contributed by atoms with van der Waals surface area (Å²) in [6, 6.07) is 9.96. The molecule has 9 nitrogen and oxygen atoms in total. The highest BCUT2D eigenvalue weighted by Crippen LogP contribution is 2.17. The molecule has 2 aromatic heterocycles. The zero-order chi connectivity index (χ0) is 21.3. The van der Waals surface area contributed by atoms with Gasteiger partial charge in [-0.05, 0) is 5.56 Å². The summed E-state index contributed by atoms with van der Waals surface area (Å²) in [5.41, 5.74) is 1.25. The van der Waals surface area contributed by atoms with Gasteiger partial charge >= 0.3 is 5.69 Å². The SMILES string of the molecule is Cn1c(=O)c2c(nc(CN3CCN(CCO)CC3)n2Cc2ccccc2)n(C)c1=O. The Morgan fingerprint density at radius 2 is 1.60 bits per heavy atom. The number of hydrogen-bond donors (Lipinski definition) is 1. The van der Waals surface area contributed by atoms with E-state index in [2.05, 4.69) is 9.80 Å². The van der Waals surface area contributed by atoms with Gasteiger partial charge in [0.1, 0.15) is 5.82 Å². The fourth-order valence-corrected chi connectivity index (χ4v) is 4.06. The van der Waals surface area contributed by atoms with E-state index < -0.39 is 0 Å². The van der Waals surface area contributed by atoms with Crippen molar-refractivity contribution in [1.82, 2.24) is 28.5 Å². The van der Waals surface area contributed by atoms with E-state index in [4.69, 9.17) is 10.1 Å². The zero-order valence-corrected chi connectivity index (χ0v) is 17.5. The first kappa shape index (κ1) is 20.5. The number of rotatable bonds is 6. The molecule has 1 saturated heterocycles. The van der Waals surface area contributed by atoms with Crippen LogP contribution >= 0.6 is 0 Å². The minimum Gasteiger partial charge on any atom is -0.395 e. The molecular formula is C21H28N6O3. The number of fused-ring (bicyclic) bond motifs is 1. The molecule has 4 rings (SSSR count). The second-order valence-electron chi connectivity index (χ2n) is 7.82. The van der Waals surface area contributed by atoms with Crippen molar-refractivity contribution in [2.75, 3.05) is 39.3 Å². The summed E-state index contributed by atoms with van der Waals surface area (Å²) in [4.78, 5) is 34.7. The molecule has 0 unspecified atom stereocenters. The molecule has 0 radical (unpaired) electrons. The first-order valence-electron chi connectivity index (χ1n) is 10.2. The highest BCUT2D eigenvalue weighted by Gasteiger charge is 2.23. The maximum Gasteiger partial charge on any atom is 0.332 e. The monoisotopic (exact) mass is 412 g/mol. The maximum atomic E-state index is 13.0. The molecule has 1 N–H and O–H groups in total. The van der Waals surface area contributed by atoms with Gasteiger partial charge in [-0.3, -0.25) is 23.7 Å². The van der Waals surface area contributed by atoms with Gasteiger partial charge in [0.05, 0.1) is 13.2 Å². The first-order chi connectivity index (χ1) is 14.5. The van der Waals surface area contributed by atoms with Crippen LogP contribution in [0.3, 0.4) is 0 Å². The highest BCUT2D eigenvalue weighted by atomic mass is 16.3. The van der Waals surface area contributed by atoms with Crippen LogP contribution in [0.5, 0.6) is 0 Å². The molecule has 0 atom stereocenters. The van der Waals surface area contributed by atoms with Crippen LogP contribution in [-0.4, -0.2) is 72.9 Å². The molecule has 0 amide bonds. The second-order valence-corrected chi connectivity index (χ2v) is 7.82. The van der Waals surface area contributed by atoms with E-state index in [0.717, 1.165) is 42.1 Å². The quantitative estimate of drug-likeness (QED) is 0.592. The van der Waals surface area contributed by atoms with Gasteiger partial charge in [0.2, 0.25) is 0 Å². The van der Waals surface area contributed by atoms with Crippen molar-refractivity contribution in [3.05, 3.63) is 62.6 Å². The zero-order valence-electron chi connectivity index (χ0n) is 17.5. The lowest BCUT2D eigenvalue weighted by Crippen LogP contribution is -2.46. The number of nitrogens with zero attached hydrogens (tertiary/aromatic N) is 6. The van der Waals surface area contributed by atoms with Gasteiger partial charge in [0, 0.05) is 53.4 Å². The summed E-state index contributed by atoms with van der Waals surface area (Å²) in [6.07, 6.45) is 0. The summed E-state index contributed by atoms with van der Waals surface area (Å²) < 4.78 is 4.54. The van der Waals surface area contributed by atoms with Gasteiger partial charge in [-0.25, -0.2) is 9.78 Å². The van der Waals surface area contributed by atoms with E-state index in [1.54, 1.807) is 7.05 Å². The Bertz CT molecular complexity index is 1140. The highest BCUT2D eigenvalue weighted by molar-refractivity contribution is 5.71. The lowest BCUT2D eigenvalue weighted by Gasteiger charge is -2.34. The van der Waals surface area contributed by atoms with Crippen molar-refractivity contribution in [3.8, 4) is 0 Å². The molecule has 1 aliphatic rings. The van der Waals surface area contributed by atoms with Crippen LogP contribution in [0.2, 0.25) is 0 Å². The second kappa shape index (κ2) is 8.55.